The van der Waals surface area contributed by atoms with Crippen LogP contribution < -0.4 is 14.8 Å². The van der Waals surface area contributed by atoms with Crippen molar-refractivity contribution in [2.45, 2.75) is 76.7 Å². The molecule has 2 aromatic rings. The summed E-state index contributed by atoms with van der Waals surface area (Å²) in [6.07, 6.45) is -4.79. The molecule has 1 atom stereocenters. The van der Waals surface area contributed by atoms with Crippen LogP contribution in [0.1, 0.15) is 85.1 Å². The normalized spacial score (nSPS) is 22.3. The minimum atomic E-state index is -4.27. The summed E-state index contributed by atoms with van der Waals surface area (Å²) in [5.74, 6) is -3.29. The zero-order valence-corrected chi connectivity index (χ0v) is 31.5. The van der Waals surface area contributed by atoms with Gasteiger partial charge in [-0.2, -0.15) is 13.2 Å². The Bertz CT molecular complexity index is 1730. The second-order valence-electron chi connectivity index (χ2n) is 15.6. The van der Waals surface area contributed by atoms with Crippen LogP contribution in [0, 0.1) is 11.7 Å². The van der Waals surface area contributed by atoms with Gasteiger partial charge in [-0.15, -0.1) is 0 Å². The van der Waals surface area contributed by atoms with Gasteiger partial charge in [0, 0.05) is 70.9 Å². The van der Waals surface area contributed by atoms with Crippen LogP contribution in [0.2, 0.25) is 0 Å². The number of nitrogens with zero attached hydrogens (tertiary/aromatic N) is 4. The van der Waals surface area contributed by atoms with Crippen LogP contribution in [0.25, 0.3) is 0 Å². The van der Waals surface area contributed by atoms with Crippen molar-refractivity contribution in [3.63, 3.8) is 0 Å². The van der Waals surface area contributed by atoms with Gasteiger partial charge >= 0.3 is 18.4 Å². The number of likely N-dealkylation sites (tertiary alicyclic amines) is 1. The summed E-state index contributed by atoms with van der Waals surface area (Å²) in [7, 11) is 0. The number of alkyl halides is 3. The fourth-order valence-corrected chi connectivity index (χ4v) is 7.58. The summed E-state index contributed by atoms with van der Waals surface area (Å²) < 4.78 is 72.9. The van der Waals surface area contributed by atoms with Gasteiger partial charge in [0.2, 0.25) is 0 Å². The van der Waals surface area contributed by atoms with E-state index < -0.39 is 47.4 Å². The summed E-state index contributed by atoms with van der Waals surface area (Å²) >= 11 is 0. The van der Waals surface area contributed by atoms with E-state index >= 15 is 0 Å². The Labute approximate surface area is 318 Å². The predicted octanol–water partition coefficient (Wildman–Crippen LogP) is 6.05. The number of hydrogen-bond acceptors (Lipinski definition) is 8. The first-order chi connectivity index (χ1) is 26.1. The molecule has 4 amide bonds. The summed E-state index contributed by atoms with van der Waals surface area (Å²) in [4.78, 5) is 59.0. The van der Waals surface area contributed by atoms with Crippen molar-refractivity contribution >= 4 is 24.0 Å². The number of benzene rings is 2. The quantitative estimate of drug-likeness (QED) is 0.353. The van der Waals surface area contributed by atoms with E-state index in [1.54, 1.807) is 48.8 Å². The maximum Gasteiger partial charge on any atom is 0.415 e. The first-order valence-corrected chi connectivity index (χ1v) is 19.0. The number of carbonyl (C=O) groups is 4. The number of hydrogen-bond donors (Lipinski definition) is 1. The van der Waals surface area contributed by atoms with Crippen molar-refractivity contribution in [2.24, 2.45) is 5.92 Å². The van der Waals surface area contributed by atoms with Gasteiger partial charge in [-0.05, 0) is 88.3 Å². The monoisotopic (exact) mass is 775 g/mol. The van der Waals surface area contributed by atoms with Crippen molar-refractivity contribution in [1.29, 1.82) is 0 Å². The van der Waals surface area contributed by atoms with Crippen LogP contribution in [0.5, 0.6) is 11.5 Å². The fraction of sp³-hybridized carbons (Fsp3) is 0.590. The highest BCUT2D eigenvalue weighted by atomic mass is 19.4. The van der Waals surface area contributed by atoms with Crippen molar-refractivity contribution in [1.82, 2.24) is 24.9 Å². The third-order valence-electron chi connectivity index (χ3n) is 10.6. The van der Waals surface area contributed by atoms with Crippen molar-refractivity contribution < 1.29 is 51.0 Å². The van der Waals surface area contributed by atoms with E-state index in [9.17, 15) is 36.7 Å². The zero-order valence-electron chi connectivity index (χ0n) is 31.5. The minimum absolute atomic E-state index is 0.0282. The molecule has 3 aliphatic heterocycles. The molecule has 0 aromatic heterocycles. The summed E-state index contributed by atoms with van der Waals surface area (Å²) in [5.41, 5.74) is 0.245. The van der Waals surface area contributed by atoms with Gasteiger partial charge in [-0.1, -0.05) is 6.07 Å². The van der Waals surface area contributed by atoms with Gasteiger partial charge in [0.05, 0.1) is 18.0 Å². The first-order valence-electron chi connectivity index (χ1n) is 19.0. The first kappa shape index (κ1) is 40.1. The fourth-order valence-electron chi connectivity index (χ4n) is 7.58. The van der Waals surface area contributed by atoms with Crippen LogP contribution in [-0.2, 0) is 4.74 Å². The number of carbonyl (C=O) groups excluding carboxylic acids is 4. The van der Waals surface area contributed by atoms with Gasteiger partial charge in [0.25, 0.3) is 11.8 Å². The third kappa shape index (κ3) is 9.80. The Balaban J connectivity index is 1.13. The molecule has 6 rings (SSSR count). The lowest BCUT2D eigenvalue weighted by Gasteiger charge is -2.35. The Morgan fingerprint density at radius 1 is 0.745 bits per heavy atom. The molecular formula is C39H49F4N5O7. The molecule has 4 aliphatic rings. The second kappa shape index (κ2) is 16.6. The van der Waals surface area contributed by atoms with E-state index in [0.29, 0.717) is 56.0 Å². The van der Waals surface area contributed by atoms with E-state index in [1.165, 1.54) is 21.9 Å². The summed E-state index contributed by atoms with van der Waals surface area (Å²) in [6, 6.07) is 8.91. The number of amides is 4. The van der Waals surface area contributed by atoms with E-state index in [2.05, 4.69) is 5.32 Å². The van der Waals surface area contributed by atoms with Crippen LogP contribution >= 0.6 is 0 Å². The standard InChI is InChI=1S/C39H49F4N5O7/c1-38(2,3)55-37(52)48-16-13-28(24-48)53-32-12-9-26(23-30(32)25-7-10-27(11-8-25)39(41,42)43)34(49)45-19-21-46(22-20-45)35(50)29-5-4-6-31(40)33(29)54-36(51)47-17-14-44-15-18-47/h4-6,9,12,23,25,27-28,44H,7-8,10-11,13-22,24H2,1-3H3/t25?,27?,28-/m0/s1. The van der Waals surface area contributed by atoms with Crippen LogP contribution in [0.3, 0.4) is 0 Å². The van der Waals surface area contributed by atoms with E-state index in [1.807, 2.05) is 0 Å². The number of rotatable bonds is 6. The highest BCUT2D eigenvalue weighted by Crippen LogP contribution is 2.45. The molecule has 55 heavy (non-hydrogen) atoms. The number of para-hydroxylation sites is 1. The highest BCUT2D eigenvalue weighted by Gasteiger charge is 2.42. The van der Waals surface area contributed by atoms with Crippen molar-refractivity contribution in [3.05, 3.63) is 58.9 Å². The Hall–Kier alpha value is -4.60. The Morgan fingerprint density at radius 3 is 2.04 bits per heavy atom. The number of nitrogens with one attached hydrogen (secondary N) is 1. The van der Waals surface area contributed by atoms with Crippen molar-refractivity contribution in [2.75, 3.05) is 65.4 Å². The van der Waals surface area contributed by atoms with Gasteiger partial charge in [0.15, 0.2) is 11.6 Å². The predicted molar refractivity (Wildman–Crippen MR) is 193 cm³/mol. The molecular weight excluding hydrogens is 726 g/mol. The van der Waals surface area contributed by atoms with Gasteiger partial charge < -0.3 is 39.1 Å². The van der Waals surface area contributed by atoms with E-state index in [4.69, 9.17) is 14.2 Å². The molecule has 1 N–H and O–H groups in total. The average Bonchev–Trinajstić information content (AvgIpc) is 3.63. The van der Waals surface area contributed by atoms with E-state index in [0.717, 1.165) is 6.07 Å². The third-order valence-corrected chi connectivity index (χ3v) is 10.6. The van der Waals surface area contributed by atoms with Crippen molar-refractivity contribution in [3.8, 4) is 11.5 Å². The highest BCUT2D eigenvalue weighted by molar-refractivity contribution is 5.98. The topological polar surface area (TPSA) is 121 Å². The molecule has 1 aliphatic carbocycles. The number of ether oxygens (including phenoxy) is 3. The lowest BCUT2D eigenvalue weighted by Crippen LogP contribution is -2.50. The summed E-state index contributed by atoms with van der Waals surface area (Å²) in [6.45, 7) is 8.60. The van der Waals surface area contributed by atoms with Crippen LogP contribution in [-0.4, -0.2) is 127 Å². The largest absolute Gasteiger partial charge is 0.488 e. The Kier molecular flexibility index (Phi) is 12.1. The molecule has 1 saturated carbocycles. The number of piperazine rings is 2. The molecule has 3 heterocycles. The van der Waals surface area contributed by atoms with Gasteiger partial charge in [-0.3, -0.25) is 9.59 Å². The van der Waals surface area contributed by atoms with Crippen LogP contribution in [0.15, 0.2) is 36.4 Å². The smallest absolute Gasteiger partial charge is 0.415 e. The lowest BCUT2D eigenvalue weighted by atomic mass is 9.78. The molecule has 2 aromatic carbocycles. The molecule has 4 fully saturated rings. The summed E-state index contributed by atoms with van der Waals surface area (Å²) in [5, 5.41) is 3.12. The maximum absolute atomic E-state index is 14.9. The van der Waals surface area contributed by atoms with Gasteiger partial charge in [-0.25, -0.2) is 14.0 Å². The van der Waals surface area contributed by atoms with Gasteiger partial charge in [0.1, 0.15) is 17.5 Å². The zero-order chi connectivity index (χ0) is 39.5. The second-order valence-corrected chi connectivity index (χ2v) is 15.6. The molecule has 12 nitrogen and oxygen atoms in total. The molecule has 0 radical (unpaired) electrons. The molecule has 0 spiro atoms. The van der Waals surface area contributed by atoms with E-state index in [-0.39, 0.29) is 81.9 Å². The minimum Gasteiger partial charge on any atom is -0.488 e. The molecule has 300 valence electrons. The molecule has 0 unspecified atom stereocenters. The average molecular weight is 776 g/mol. The lowest BCUT2D eigenvalue weighted by molar-refractivity contribution is -0.182. The number of halogens is 4. The molecule has 3 saturated heterocycles. The molecule has 16 heteroatoms. The molecule has 0 bridgehead atoms. The SMILES string of the molecule is CC(C)(C)OC(=O)N1CC[C@H](Oc2ccc(C(=O)N3CCN(C(=O)c4cccc(F)c4OC(=O)N4CCNCC4)CC3)cc2C2CCC(C(F)(F)F)CC2)C1. The van der Waals surface area contributed by atoms with Crippen LogP contribution in [0.4, 0.5) is 27.2 Å². The maximum atomic E-state index is 14.9. The Morgan fingerprint density at radius 2 is 1.40 bits per heavy atom.